The molecular formula is C7H6FIO. The van der Waals surface area contributed by atoms with Gasteiger partial charge in [-0.05, 0) is 46.4 Å². The van der Waals surface area contributed by atoms with Crippen LogP contribution in [-0.2, 0) is 6.61 Å². The van der Waals surface area contributed by atoms with Crippen molar-refractivity contribution in [3.05, 3.63) is 33.1 Å². The summed E-state index contributed by atoms with van der Waals surface area (Å²) in [6.07, 6.45) is 0. The van der Waals surface area contributed by atoms with Crippen LogP contribution in [0.25, 0.3) is 0 Å². The van der Waals surface area contributed by atoms with Crippen LogP contribution in [0.1, 0.15) is 5.56 Å². The average Bonchev–Trinajstić information content (AvgIpc) is 1.94. The zero-order chi connectivity index (χ0) is 7.56. The SMILES string of the molecule is OCc1cc(F)ccc1I. The van der Waals surface area contributed by atoms with Gasteiger partial charge in [0.2, 0.25) is 0 Å². The molecular weight excluding hydrogens is 246 g/mol. The average molecular weight is 252 g/mol. The molecule has 0 atom stereocenters. The van der Waals surface area contributed by atoms with E-state index < -0.39 is 0 Å². The molecule has 1 N–H and O–H groups in total. The summed E-state index contributed by atoms with van der Waals surface area (Å²) in [4.78, 5) is 0. The standard InChI is InChI=1S/C7H6FIO/c8-6-1-2-7(9)5(3-6)4-10/h1-3,10H,4H2. The molecule has 0 aromatic heterocycles. The first-order valence-electron chi connectivity index (χ1n) is 2.79. The normalized spacial score (nSPS) is 9.90. The van der Waals surface area contributed by atoms with Crippen molar-refractivity contribution in [3.63, 3.8) is 0 Å². The number of rotatable bonds is 1. The van der Waals surface area contributed by atoms with Crippen molar-refractivity contribution in [1.82, 2.24) is 0 Å². The van der Waals surface area contributed by atoms with Crippen LogP contribution in [0.3, 0.4) is 0 Å². The van der Waals surface area contributed by atoms with E-state index in [0.29, 0.717) is 5.56 Å². The minimum Gasteiger partial charge on any atom is -0.392 e. The maximum Gasteiger partial charge on any atom is 0.123 e. The molecule has 0 unspecified atom stereocenters. The van der Waals surface area contributed by atoms with Gasteiger partial charge in [0.25, 0.3) is 0 Å². The van der Waals surface area contributed by atoms with Crippen molar-refractivity contribution in [2.24, 2.45) is 0 Å². The van der Waals surface area contributed by atoms with Crippen LogP contribution in [-0.4, -0.2) is 5.11 Å². The molecule has 0 saturated heterocycles. The first-order chi connectivity index (χ1) is 4.74. The minimum absolute atomic E-state index is 0.101. The Balaban J connectivity index is 3.09. The Kier molecular flexibility index (Phi) is 2.62. The Labute approximate surface area is 72.0 Å². The number of hydrogen-bond donors (Lipinski definition) is 1. The molecule has 1 aromatic carbocycles. The fraction of sp³-hybridized carbons (Fsp3) is 0.143. The van der Waals surface area contributed by atoms with E-state index in [1.54, 1.807) is 6.07 Å². The molecule has 0 radical (unpaired) electrons. The molecule has 0 heterocycles. The second kappa shape index (κ2) is 3.30. The van der Waals surface area contributed by atoms with Crippen molar-refractivity contribution >= 4 is 22.6 Å². The van der Waals surface area contributed by atoms with E-state index in [9.17, 15) is 4.39 Å². The topological polar surface area (TPSA) is 20.2 Å². The van der Waals surface area contributed by atoms with Crippen LogP contribution in [0, 0.1) is 9.39 Å². The minimum atomic E-state index is -0.301. The molecule has 0 aliphatic carbocycles. The number of aliphatic hydroxyl groups is 1. The van der Waals surface area contributed by atoms with E-state index in [1.165, 1.54) is 12.1 Å². The molecule has 0 aliphatic rings. The lowest BCUT2D eigenvalue weighted by Gasteiger charge is -1.98. The molecule has 1 aromatic rings. The molecule has 1 nitrogen and oxygen atoms in total. The van der Waals surface area contributed by atoms with Crippen LogP contribution in [0.2, 0.25) is 0 Å². The highest BCUT2D eigenvalue weighted by molar-refractivity contribution is 14.1. The molecule has 1 rings (SSSR count). The van der Waals surface area contributed by atoms with Crippen LogP contribution >= 0.6 is 22.6 Å². The van der Waals surface area contributed by atoms with Crippen LogP contribution in [0.15, 0.2) is 18.2 Å². The van der Waals surface area contributed by atoms with E-state index in [-0.39, 0.29) is 12.4 Å². The number of aliphatic hydroxyl groups excluding tert-OH is 1. The molecule has 10 heavy (non-hydrogen) atoms. The van der Waals surface area contributed by atoms with Gasteiger partial charge >= 0.3 is 0 Å². The van der Waals surface area contributed by atoms with E-state index in [0.717, 1.165) is 3.57 Å². The highest BCUT2D eigenvalue weighted by Gasteiger charge is 1.98. The maximum atomic E-state index is 12.4. The summed E-state index contributed by atoms with van der Waals surface area (Å²) in [5.41, 5.74) is 0.639. The Morgan fingerprint density at radius 3 is 2.70 bits per heavy atom. The molecule has 3 heteroatoms. The first-order valence-corrected chi connectivity index (χ1v) is 3.86. The lowest BCUT2D eigenvalue weighted by molar-refractivity contribution is 0.280. The summed E-state index contributed by atoms with van der Waals surface area (Å²) in [6, 6.07) is 4.35. The Morgan fingerprint density at radius 1 is 1.50 bits per heavy atom. The first kappa shape index (κ1) is 7.94. The summed E-state index contributed by atoms with van der Waals surface area (Å²) >= 11 is 2.05. The fourth-order valence-electron chi connectivity index (χ4n) is 0.664. The highest BCUT2D eigenvalue weighted by Crippen LogP contribution is 2.12. The van der Waals surface area contributed by atoms with Gasteiger partial charge in [-0.25, -0.2) is 4.39 Å². The highest BCUT2D eigenvalue weighted by atomic mass is 127. The number of benzene rings is 1. The van der Waals surface area contributed by atoms with Gasteiger partial charge < -0.3 is 5.11 Å². The molecule has 0 bridgehead atoms. The second-order valence-corrected chi connectivity index (χ2v) is 3.06. The second-order valence-electron chi connectivity index (χ2n) is 1.89. The largest absolute Gasteiger partial charge is 0.392 e. The molecule has 54 valence electrons. The van der Waals surface area contributed by atoms with Crippen LogP contribution < -0.4 is 0 Å². The third kappa shape index (κ3) is 1.67. The molecule has 0 spiro atoms. The molecule has 0 fully saturated rings. The maximum absolute atomic E-state index is 12.4. The summed E-state index contributed by atoms with van der Waals surface area (Å²) in [5.74, 6) is -0.301. The predicted molar refractivity (Wildman–Crippen MR) is 45.0 cm³/mol. The molecule has 0 aliphatic heterocycles. The third-order valence-electron chi connectivity index (χ3n) is 1.18. The van der Waals surface area contributed by atoms with Crippen molar-refractivity contribution in [3.8, 4) is 0 Å². The lowest BCUT2D eigenvalue weighted by Crippen LogP contribution is -1.88. The van der Waals surface area contributed by atoms with E-state index >= 15 is 0 Å². The number of hydrogen-bond acceptors (Lipinski definition) is 1. The van der Waals surface area contributed by atoms with Gasteiger partial charge in [0, 0.05) is 3.57 Å². The Bertz CT molecular complexity index is 237. The monoisotopic (exact) mass is 252 g/mol. The van der Waals surface area contributed by atoms with E-state index in [4.69, 9.17) is 5.11 Å². The molecule has 0 amide bonds. The van der Waals surface area contributed by atoms with E-state index in [2.05, 4.69) is 22.6 Å². The zero-order valence-corrected chi connectivity index (χ0v) is 7.30. The summed E-state index contributed by atoms with van der Waals surface area (Å²) in [6.45, 7) is -0.101. The summed E-state index contributed by atoms with van der Waals surface area (Å²) < 4.78 is 13.3. The van der Waals surface area contributed by atoms with Gasteiger partial charge in [-0.1, -0.05) is 0 Å². The summed E-state index contributed by atoms with van der Waals surface area (Å²) in [5, 5.41) is 8.67. The van der Waals surface area contributed by atoms with Gasteiger partial charge in [-0.15, -0.1) is 0 Å². The van der Waals surface area contributed by atoms with Gasteiger partial charge in [0.1, 0.15) is 5.82 Å². The Morgan fingerprint density at radius 2 is 2.20 bits per heavy atom. The van der Waals surface area contributed by atoms with Crippen molar-refractivity contribution in [2.45, 2.75) is 6.61 Å². The Hall–Kier alpha value is -0.160. The third-order valence-corrected chi connectivity index (χ3v) is 2.23. The number of halogens is 2. The predicted octanol–water partition coefficient (Wildman–Crippen LogP) is 1.92. The quantitative estimate of drug-likeness (QED) is 0.757. The lowest BCUT2D eigenvalue weighted by atomic mass is 10.2. The van der Waals surface area contributed by atoms with Gasteiger partial charge in [-0.2, -0.15) is 0 Å². The van der Waals surface area contributed by atoms with Gasteiger partial charge in [-0.3, -0.25) is 0 Å². The van der Waals surface area contributed by atoms with Crippen molar-refractivity contribution < 1.29 is 9.50 Å². The van der Waals surface area contributed by atoms with E-state index in [1.807, 2.05) is 0 Å². The zero-order valence-electron chi connectivity index (χ0n) is 5.14. The van der Waals surface area contributed by atoms with Crippen molar-refractivity contribution in [2.75, 3.05) is 0 Å². The smallest absolute Gasteiger partial charge is 0.123 e. The summed E-state index contributed by atoms with van der Waals surface area (Å²) in [7, 11) is 0. The van der Waals surface area contributed by atoms with Crippen LogP contribution in [0.5, 0.6) is 0 Å². The van der Waals surface area contributed by atoms with Crippen LogP contribution in [0.4, 0.5) is 4.39 Å². The van der Waals surface area contributed by atoms with Gasteiger partial charge in [0.15, 0.2) is 0 Å². The fourth-order valence-corrected chi connectivity index (χ4v) is 1.17. The van der Waals surface area contributed by atoms with Crippen molar-refractivity contribution in [1.29, 1.82) is 0 Å². The molecule has 0 saturated carbocycles. The van der Waals surface area contributed by atoms with Gasteiger partial charge in [0.05, 0.1) is 6.61 Å².